The molecule has 9 heteroatoms. The van der Waals surface area contributed by atoms with Gasteiger partial charge in [0.15, 0.2) is 0 Å². The molecule has 110 valence electrons. The van der Waals surface area contributed by atoms with Gasteiger partial charge in [-0.15, -0.1) is 0 Å². The van der Waals surface area contributed by atoms with Gasteiger partial charge in [-0.3, -0.25) is 10.1 Å². The van der Waals surface area contributed by atoms with Crippen LogP contribution in [0.1, 0.15) is 0 Å². The Balaban J connectivity index is 2.73. The molecule has 1 aliphatic rings. The van der Waals surface area contributed by atoms with Crippen molar-refractivity contribution < 1.29 is 26.8 Å². The SMILES string of the molecule is COC(=O)[N+]1(S(=O)(=O)c2ccccc2[N+](=O)[O-])C=CC=C1. The second-order valence-corrected chi connectivity index (χ2v) is 6.06. The predicted molar refractivity (Wildman–Crippen MR) is 71.2 cm³/mol. The van der Waals surface area contributed by atoms with Crippen molar-refractivity contribution in [1.29, 1.82) is 0 Å². The van der Waals surface area contributed by atoms with Crippen molar-refractivity contribution in [3.8, 4) is 0 Å². The lowest BCUT2D eigenvalue weighted by Gasteiger charge is -2.22. The van der Waals surface area contributed by atoms with E-state index in [2.05, 4.69) is 4.74 Å². The van der Waals surface area contributed by atoms with Crippen LogP contribution in [0.2, 0.25) is 0 Å². The van der Waals surface area contributed by atoms with Gasteiger partial charge in [-0.2, -0.15) is 13.2 Å². The minimum atomic E-state index is -4.44. The number of allylic oxidation sites excluding steroid dienone is 2. The number of methoxy groups -OCH3 is 1. The van der Waals surface area contributed by atoms with Crippen LogP contribution in [0.25, 0.3) is 0 Å². The third-order valence-corrected chi connectivity index (χ3v) is 5.01. The lowest BCUT2D eigenvalue weighted by molar-refractivity contribution is -0.608. The number of quaternary nitrogens is 1. The molecule has 0 unspecified atom stereocenters. The molecular formula is C12H11N2O6S+. The average Bonchev–Trinajstić information content (AvgIpc) is 2.97. The van der Waals surface area contributed by atoms with Gasteiger partial charge < -0.3 is 4.74 Å². The Labute approximate surface area is 120 Å². The van der Waals surface area contributed by atoms with Crippen LogP contribution in [0.4, 0.5) is 10.5 Å². The molecule has 0 aliphatic carbocycles. The van der Waals surface area contributed by atoms with Crippen LogP contribution in [-0.4, -0.2) is 30.4 Å². The van der Waals surface area contributed by atoms with Gasteiger partial charge in [-0.25, -0.2) is 0 Å². The van der Waals surface area contributed by atoms with Crippen LogP contribution >= 0.6 is 0 Å². The highest BCUT2D eigenvalue weighted by molar-refractivity contribution is 7.86. The van der Waals surface area contributed by atoms with Gasteiger partial charge in [-0.05, 0) is 18.2 Å². The lowest BCUT2D eigenvalue weighted by atomic mass is 10.3. The molecule has 0 fully saturated rings. The van der Waals surface area contributed by atoms with Gasteiger partial charge in [0.1, 0.15) is 12.4 Å². The summed E-state index contributed by atoms with van der Waals surface area (Å²) in [5.74, 6) is 0. The van der Waals surface area contributed by atoms with Crippen molar-refractivity contribution >= 4 is 21.8 Å². The highest BCUT2D eigenvalue weighted by Crippen LogP contribution is 2.34. The van der Waals surface area contributed by atoms with E-state index >= 15 is 0 Å². The summed E-state index contributed by atoms with van der Waals surface area (Å²) in [6.07, 6.45) is 3.78. The monoisotopic (exact) mass is 311 g/mol. The van der Waals surface area contributed by atoms with E-state index in [1.807, 2.05) is 0 Å². The number of hydrogen-bond donors (Lipinski definition) is 0. The Morgan fingerprint density at radius 1 is 1.24 bits per heavy atom. The second kappa shape index (κ2) is 5.11. The molecule has 8 nitrogen and oxygen atoms in total. The number of para-hydroxylation sites is 1. The van der Waals surface area contributed by atoms with Crippen molar-refractivity contribution in [1.82, 2.24) is 0 Å². The van der Waals surface area contributed by atoms with Crippen molar-refractivity contribution in [3.05, 3.63) is 58.9 Å². The topological polar surface area (TPSA) is 104 Å². The molecule has 1 aromatic carbocycles. The van der Waals surface area contributed by atoms with Crippen molar-refractivity contribution in [3.63, 3.8) is 0 Å². The van der Waals surface area contributed by atoms with E-state index in [1.165, 1.54) is 24.3 Å². The summed E-state index contributed by atoms with van der Waals surface area (Å²) in [5, 5.41) is 11.0. The number of nitro benzene ring substituents is 1. The first kappa shape index (κ1) is 14.9. The standard InChI is InChI=1S/C12H11N2O6S/c1-20-12(15)14(8-4-5-9-14)21(18,19)11-7-3-2-6-10(11)13(16)17/h2-9H,1H3/q+1. The fraction of sp³-hybridized carbons (Fsp3) is 0.0833. The molecule has 0 atom stereocenters. The highest BCUT2D eigenvalue weighted by atomic mass is 32.2. The fourth-order valence-electron chi connectivity index (χ4n) is 1.92. The summed E-state index contributed by atoms with van der Waals surface area (Å²) in [4.78, 5) is 21.6. The summed E-state index contributed by atoms with van der Waals surface area (Å²) in [7, 11) is -3.40. The summed E-state index contributed by atoms with van der Waals surface area (Å²) in [5.41, 5.74) is -0.604. The number of nitro groups is 1. The largest absolute Gasteiger partial charge is 0.541 e. The van der Waals surface area contributed by atoms with E-state index in [0.29, 0.717) is 0 Å². The van der Waals surface area contributed by atoms with Gasteiger partial charge >= 0.3 is 16.1 Å². The highest BCUT2D eigenvalue weighted by Gasteiger charge is 2.52. The molecule has 1 aromatic rings. The third kappa shape index (κ3) is 2.12. The third-order valence-electron chi connectivity index (χ3n) is 2.92. The molecule has 21 heavy (non-hydrogen) atoms. The normalized spacial score (nSPS) is 15.9. The van der Waals surface area contributed by atoms with Crippen LogP contribution in [-0.2, 0) is 14.8 Å². The number of rotatable bonds is 3. The predicted octanol–water partition coefficient (Wildman–Crippen LogP) is 1.91. The maximum Gasteiger partial charge on any atom is 0.541 e. The first-order valence-electron chi connectivity index (χ1n) is 5.69. The minimum Gasteiger partial charge on any atom is -0.422 e. The number of ether oxygens (including phenoxy) is 1. The van der Waals surface area contributed by atoms with Gasteiger partial charge in [0, 0.05) is 6.07 Å². The number of nitrogens with zero attached hydrogens (tertiary/aromatic N) is 2. The van der Waals surface area contributed by atoms with E-state index in [0.717, 1.165) is 31.6 Å². The Bertz CT molecular complexity index is 754. The van der Waals surface area contributed by atoms with E-state index < -0.39 is 35.5 Å². The molecule has 0 saturated carbocycles. The number of carbonyl (C=O) groups excluding carboxylic acids is 1. The number of carbonyl (C=O) groups is 1. The smallest absolute Gasteiger partial charge is 0.422 e. The zero-order chi connectivity index (χ0) is 15.7. The van der Waals surface area contributed by atoms with Crippen LogP contribution in [0.5, 0.6) is 0 Å². The van der Waals surface area contributed by atoms with E-state index in [-0.39, 0.29) is 0 Å². The van der Waals surface area contributed by atoms with Crippen molar-refractivity contribution in [2.75, 3.05) is 7.11 Å². The Morgan fingerprint density at radius 2 is 1.81 bits per heavy atom. The molecular weight excluding hydrogens is 300 g/mol. The molecule has 0 radical (unpaired) electrons. The Hall–Kier alpha value is -2.52. The summed E-state index contributed by atoms with van der Waals surface area (Å²) >= 11 is 0. The number of benzene rings is 1. The number of amides is 1. The number of hydrogen-bond acceptors (Lipinski definition) is 6. The van der Waals surface area contributed by atoms with Crippen molar-refractivity contribution in [2.24, 2.45) is 0 Å². The van der Waals surface area contributed by atoms with Crippen molar-refractivity contribution in [2.45, 2.75) is 4.90 Å². The van der Waals surface area contributed by atoms with Crippen LogP contribution in [0, 0.1) is 10.1 Å². The molecule has 2 rings (SSSR count). The fourth-order valence-corrected chi connectivity index (χ4v) is 3.63. The quantitative estimate of drug-likeness (QED) is 0.480. The maximum atomic E-state index is 12.7. The van der Waals surface area contributed by atoms with Gasteiger partial charge in [0.2, 0.25) is 4.90 Å². The van der Waals surface area contributed by atoms with E-state index in [1.54, 1.807) is 0 Å². The maximum absolute atomic E-state index is 12.7. The van der Waals surface area contributed by atoms with Gasteiger partial charge in [0.25, 0.3) is 5.69 Å². The number of sulfonamides is 1. The zero-order valence-corrected chi connectivity index (χ0v) is 11.7. The Morgan fingerprint density at radius 3 is 2.33 bits per heavy atom. The van der Waals surface area contributed by atoms with Crippen LogP contribution in [0.15, 0.2) is 53.7 Å². The first-order chi connectivity index (χ1) is 9.87. The molecule has 0 aromatic heterocycles. The zero-order valence-electron chi connectivity index (χ0n) is 10.9. The molecule has 1 amide bonds. The molecule has 1 heterocycles. The van der Waals surface area contributed by atoms with Gasteiger partial charge in [-0.1, -0.05) is 16.0 Å². The van der Waals surface area contributed by atoms with Crippen LogP contribution in [0.3, 0.4) is 0 Å². The summed E-state index contributed by atoms with van der Waals surface area (Å²) < 4.78 is 28.7. The molecule has 0 saturated heterocycles. The molecule has 0 bridgehead atoms. The first-order valence-corrected chi connectivity index (χ1v) is 7.13. The summed E-state index contributed by atoms with van der Waals surface area (Å²) in [6, 6.07) is 4.83. The lowest BCUT2D eigenvalue weighted by Crippen LogP contribution is -2.47. The van der Waals surface area contributed by atoms with E-state index in [9.17, 15) is 23.3 Å². The second-order valence-electron chi connectivity index (χ2n) is 4.06. The average molecular weight is 311 g/mol. The minimum absolute atomic E-state index is 0.559. The molecule has 0 spiro atoms. The van der Waals surface area contributed by atoms with E-state index in [4.69, 9.17) is 0 Å². The summed E-state index contributed by atoms with van der Waals surface area (Å²) in [6.45, 7) is 0. The Kier molecular flexibility index (Phi) is 3.62. The van der Waals surface area contributed by atoms with Crippen LogP contribution < -0.4 is 0 Å². The molecule has 0 N–H and O–H groups in total. The molecule has 1 aliphatic heterocycles. The van der Waals surface area contributed by atoms with Gasteiger partial charge in [0.05, 0.1) is 12.0 Å².